The molecule has 0 saturated carbocycles. The van der Waals surface area contributed by atoms with E-state index >= 15 is 0 Å². The molecule has 1 heterocycles. The number of halogens is 2. The zero-order chi connectivity index (χ0) is 9.59. The lowest BCUT2D eigenvalue weighted by molar-refractivity contribution is 0.628. The van der Waals surface area contributed by atoms with E-state index in [1.165, 1.54) is 6.07 Å². The zero-order valence-electron chi connectivity index (χ0n) is 7.31. The van der Waals surface area contributed by atoms with Crippen molar-refractivity contribution in [3.63, 3.8) is 0 Å². The smallest absolute Gasteiger partial charge is 0.143 e. The Balaban J connectivity index is 2.91. The molecular formula is C9H8ClFN2. The van der Waals surface area contributed by atoms with Crippen LogP contribution in [-0.4, -0.2) is 9.78 Å². The molecule has 0 aliphatic rings. The first-order valence-electron chi connectivity index (χ1n) is 3.88. The fourth-order valence-corrected chi connectivity index (χ4v) is 1.59. The predicted octanol–water partition coefficient (Wildman–Crippen LogP) is 2.67. The van der Waals surface area contributed by atoms with Crippen LogP contribution in [0.4, 0.5) is 4.39 Å². The third-order valence-electron chi connectivity index (χ3n) is 2.08. The van der Waals surface area contributed by atoms with Crippen LogP contribution >= 0.6 is 11.6 Å². The standard InChI is InChI=1S/C9H8ClFN2/c1-5-6-3-7(10)8(11)4-9(6)13(2)12-5/h3-4H,1-2H3. The molecule has 2 aromatic rings. The van der Waals surface area contributed by atoms with Gasteiger partial charge in [-0.1, -0.05) is 11.6 Å². The van der Waals surface area contributed by atoms with Gasteiger partial charge in [0.25, 0.3) is 0 Å². The van der Waals surface area contributed by atoms with Gasteiger partial charge in [0.05, 0.1) is 16.2 Å². The SMILES string of the molecule is Cc1nn(C)c2cc(F)c(Cl)cc12. The zero-order valence-corrected chi connectivity index (χ0v) is 8.06. The van der Waals surface area contributed by atoms with Gasteiger partial charge in [-0.25, -0.2) is 4.39 Å². The van der Waals surface area contributed by atoms with Crippen molar-refractivity contribution in [3.8, 4) is 0 Å². The van der Waals surface area contributed by atoms with Crippen molar-refractivity contribution in [2.45, 2.75) is 6.92 Å². The van der Waals surface area contributed by atoms with E-state index in [-0.39, 0.29) is 5.02 Å². The highest BCUT2D eigenvalue weighted by molar-refractivity contribution is 6.31. The van der Waals surface area contributed by atoms with Gasteiger partial charge in [-0.2, -0.15) is 5.10 Å². The van der Waals surface area contributed by atoms with E-state index in [0.29, 0.717) is 0 Å². The van der Waals surface area contributed by atoms with E-state index in [1.54, 1.807) is 17.8 Å². The Hall–Kier alpha value is -1.09. The minimum absolute atomic E-state index is 0.142. The number of fused-ring (bicyclic) bond motifs is 1. The van der Waals surface area contributed by atoms with Crippen LogP contribution in [0.2, 0.25) is 5.02 Å². The first-order chi connectivity index (χ1) is 6.09. The van der Waals surface area contributed by atoms with Crippen LogP contribution in [0.5, 0.6) is 0 Å². The molecule has 0 N–H and O–H groups in total. The van der Waals surface area contributed by atoms with Gasteiger partial charge < -0.3 is 0 Å². The van der Waals surface area contributed by atoms with Crippen molar-refractivity contribution >= 4 is 22.5 Å². The highest BCUT2D eigenvalue weighted by Crippen LogP contribution is 2.24. The second-order valence-electron chi connectivity index (χ2n) is 2.99. The number of hydrogen-bond acceptors (Lipinski definition) is 1. The molecule has 2 rings (SSSR count). The Morgan fingerprint density at radius 3 is 2.85 bits per heavy atom. The molecule has 2 nitrogen and oxygen atoms in total. The maximum absolute atomic E-state index is 13.1. The van der Waals surface area contributed by atoms with Crippen LogP contribution < -0.4 is 0 Å². The van der Waals surface area contributed by atoms with E-state index < -0.39 is 5.82 Å². The summed E-state index contributed by atoms with van der Waals surface area (Å²) < 4.78 is 14.7. The van der Waals surface area contributed by atoms with Crippen LogP contribution in [0.1, 0.15) is 5.69 Å². The van der Waals surface area contributed by atoms with E-state index in [0.717, 1.165) is 16.6 Å². The van der Waals surface area contributed by atoms with Gasteiger partial charge in [0.2, 0.25) is 0 Å². The van der Waals surface area contributed by atoms with Crippen molar-refractivity contribution < 1.29 is 4.39 Å². The predicted molar refractivity (Wildman–Crippen MR) is 50.4 cm³/mol. The second kappa shape index (κ2) is 2.70. The Morgan fingerprint density at radius 2 is 2.15 bits per heavy atom. The fraction of sp³-hybridized carbons (Fsp3) is 0.222. The maximum atomic E-state index is 13.1. The van der Waals surface area contributed by atoms with Crippen molar-refractivity contribution in [2.24, 2.45) is 7.05 Å². The molecule has 0 spiro atoms. The fourth-order valence-electron chi connectivity index (χ4n) is 1.43. The normalized spacial score (nSPS) is 11.1. The minimum Gasteiger partial charge on any atom is -0.268 e. The van der Waals surface area contributed by atoms with Crippen LogP contribution in [0.25, 0.3) is 10.9 Å². The summed E-state index contributed by atoms with van der Waals surface area (Å²) in [6.07, 6.45) is 0. The number of aromatic nitrogens is 2. The second-order valence-corrected chi connectivity index (χ2v) is 3.40. The van der Waals surface area contributed by atoms with Crippen LogP contribution in [0, 0.1) is 12.7 Å². The first kappa shape index (κ1) is 8.51. The average Bonchev–Trinajstić information content (AvgIpc) is 2.31. The van der Waals surface area contributed by atoms with Crippen molar-refractivity contribution in [1.29, 1.82) is 0 Å². The van der Waals surface area contributed by atoms with Crippen molar-refractivity contribution in [3.05, 3.63) is 28.7 Å². The molecule has 0 aliphatic heterocycles. The van der Waals surface area contributed by atoms with E-state index in [4.69, 9.17) is 11.6 Å². The number of benzene rings is 1. The number of aryl methyl sites for hydroxylation is 2. The molecule has 0 unspecified atom stereocenters. The van der Waals surface area contributed by atoms with Crippen molar-refractivity contribution in [1.82, 2.24) is 9.78 Å². The number of hydrogen-bond donors (Lipinski definition) is 0. The lowest BCUT2D eigenvalue weighted by atomic mass is 10.2. The van der Waals surface area contributed by atoms with Crippen LogP contribution in [0.15, 0.2) is 12.1 Å². The topological polar surface area (TPSA) is 17.8 Å². The Kier molecular flexibility index (Phi) is 1.77. The lowest BCUT2D eigenvalue weighted by Crippen LogP contribution is -1.89. The van der Waals surface area contributed by atoms with Gasteiger partial charge in [-0.05, 0) is 13.0 Å². The summed E-state index contributed by atoms with van der Waals surface area (Å²) in [5, 5.41) is 5.20. The molecule has 0 fully saturated rings. The van der Waals surface area contributed by atoms with Gasteiger partial charge in [-0.3, -0.25) is 4.68 Å². The molecule has 0 radical (unpaired) electrons. The first-order valence-corrected chi connectivity index (χ1v) is 4.26. The number of rotatable bonds is 0. The highest BCUT2D eigenvalue weighted by Gasteiger charge is 2.08. The minimum atomic E-state index is -0.405. The summed E-state index contributed by atoms with van der Waals surface area (Å²) in [5.41, 5.74) is 1.62. The van der Waals surface area contributed by atoms with E-state index in [2.05, 4.69) is 5.10 Å². The molecule has 1 aromatic carbocycles. The maximum Gasteiger partial charge on any atom is 0.143 e. The molecule has 0 aliphatic carbocycles. The molecule has 1 aromatic heterocycles. The lowest BCUT2D eigenvalue weighted by Gasteiger charge is -1.96. The van der Waals surface area contributed by atoms with E-state index in [1.807, 2.05) is 6.92 Å². The molecule has 0 bridgehead atoms. The monoisotopic (exact) mass is 198 g/mol. The quantitative estimate of drug-likeness (QED) is 0.637. The summed E-state index contributed by atoms with van der Waals surface area (Å²) in [5.74, 6) is -0.405. The summed E-state index contributed by atoms with van der Waals surface area (Å²) in [6, 6.07) is 3.01. The largest absolute Gasteiger partial charge is 0.268 e. The summed E-state index contributed by atoms with van der Waals surface area (Å²) in [6.45, 7) is 1.87. The molecule has 0 atom stereocenters. The molecule has 4 heteroatoms. The number of nitrogens with zero attached hydrogens (tertiary/aromatic N) is 2. The Bertz CT molecular complexity index is 434. The van der Waals surface area contributed by atoms with Gasteiger partial charge in [0.1, 0.15) is 5.82 Å². The van der Waals surface area contributed by atoms with Crippen molar-refractivity contribution in [2.75, 3.05) is 0 Å². The summed E-state index contributed by atoms with van der Waals surface area (Å²) >= 11 is 5.66. The molecule has 0 saturated heterocycles. The van der Waals surface area contributed by atoms with Gasteiger partial charge in [0, 0.05) is 18.5 Å². The molecule has 68 valence electrons. The van der Waals surface area contributed by atoms with Gasteiger partial charge in [-0.15, -0.1) is 0 Å². The Labute approximate surface area is 79.9 Å². The third kappa shape index (κ3) is 1.20. The average molecular weight is 199 g/mol. The van der Waals surface area contributed by atoms with Gasteiger partial charge in [0.15, 0.2) is 0 Å². The van der Waals surface area contributed by atoms with Gasteiger partial charge >= 0.3 is 0 Å². The summed E-state index contributed by atoms with van der Waals surface area (Å²) in [7, 11) is 1.78. The molecular weight excluding hydrogens is 191 g/mol. The molecule has 13 heavy (non-hydrogen) atoms. The van der Waals surface area contributed by atoms with E-state index in [9.17, 15) is 4.39 Å². The van der Waals surface area contributed by atoms with Crippen LogP contribution in [0.3, 0.4) is 0 Å². The van der Waals surface area contributed by atoms with Crippen LogP contribution in [-0.2, 0) is 7.05 Å². The Morgan fingerprint density at radius 1 is 1.46 bits per heavy atom. The molecule has 0 amide bonds. The highest BCUT2D eigenvalue weighted by atomic mass is 35.5. The summed E-state index contributed by atoms with van der Waals surface area (Å²) in [4.78, 5) is 0. The third-order valence-corrected chi connectivity index (χ3v) is 2.37.